The van der Waals surface area contributed by atoms with E-state index in [0.29, 0.717) is 0 Å². The third-order valence-electron chi connectivity index (χ3n) is 0. The van der Waals surface area contributed by atoms with Crippen LogP contribution in [0.2, 0.25) is 0 Å². The van der Waals surface area contributed by atoms with Crippen LogP contribution in [0.15, 0.2) is 0 Å². The Morgan fingerprint density at radius 3 is 0.500 bits per heavy atom. The molecule has 0 saturated carbocycles. The third-order valence-corrected chi connectivity index (χ3v) is 0. The number of rotatable bonds is 0. The van der Waals surface area contributed by atoms with Crippen LogP contribution in [0.3, 0.4) is 0 Å². The monoisotopic (exact) mass is 353 g/mol. The first kappa shape index (κ1) is 30.8. The molecular weight excluding hydrogens is 347 g/mol. The average molecular weight is 347 g/mol. The van der Waals surface area contributed by atoms with Crippen molar-refractivity contribution in [2.45, 2.75) is 0 Å². The molecule has 0 aromatic rings. The zero-order chi connectivity index (χ0) is 0. The summed E-state index contributed by atoms with van der Waals surface area (Å²) in [5.41, 5.74) is 0. The molecule has 4 heteroatoms. The van der Waals surface area contributed by atoms with Crippen molar-refractivity contribution in [3.8, 4) is 0 Å². The van der Waals surface area contributed by atoms with E-state index in [9.17, 15) is 0 Å². The molecule has 0 saturated heterocycles. The molecule has 0 heterocycles. The molecular formula is CoMo3. The quantitative estimate of drug-likeness (QED) is 0.541. The molecule has 4 heavy (non-hydrogen) atoms. The van der Waals surface area contributed by atoms with Crippen molar-refractivity contribution in [1.29, 1.82) is 0 Å². The molecule has 0 aliphatic carbocycles. The van der Waals surface area contributed by atoms with Gasteiger partial charge >= 0.3 is 0 Å². The maximum absolute atomic E-state index is 0. The Bertz CT molecular complexity index is 3.25. The molecule has 0 amide bonds. The summed E-state index contributed by atoms with van der Waals surface area (Å²) in [5, 5.41) is 0. The zero-order valence-electron chi connectivity index (χ0n) is 1.56. The maximum Gasteiger partial charge on any atom is 0 e. The minimum Gasteiger partial charge on any atom is 0 e. The van der Waals surface area contributed by atoms with Crippen LogP contribution in [0, 0.1) is 0 Å². The molecule has 27 valence electrons. The Balaban J connectivity index is 0. The van der Waals surface area contributed by atoms with Gasteiger partial charge in [-0.1, -0.05) is 0 Å². The van der Waals surface area contributed by atoms with E-state index in [1.807, 2.05) is 0 Å². The van der Waals surface area contributed by atoms with Gasteiger partial charge in [0.1, 0.15) is 0 Å². The van der Waals surface area contributed by atoms with Crippen LogP contribution < -0.4 is 0 Å². The van der Waals surface area contributed by atoms with Gasteiger partial charge in [0.25, 0.3) is 0 Å². The molecule has 0 aliphatic heterocycles. The van der Waals surface area contributed by atoms with E-state index in [1.54, 1.807) is 0 Å². The second-order valence-electron chi connectivity index (χ2n) is 0. The van der Waals surface area contributed by atoms with E-state index in [-0.39, 0.29) is 80.0 Å². The van der Waals surface area contributed by atoms with E-state index in [4.69, 9.17) is 0 Å². The summed E-state index contributed by atoms with van der Waals surface area (Å²) in [5.74, 6) is 0. The van der Waals surface area contributed by atoms with Gasteiger partial charge in [-0.3, -0.25) is 0 Å². The van der Waals surface area contributed by atoms with E-state index in [2.05, 4.69) is 0 Å². The van der Waals surface area contributed by atoms with Gasteiger partial charge < -0.3 is 0 Å². The Labute approximate surface area is 78.9 Å². The van der Waals surface area contributed by atoms with Crippen LogP contribution >= 0.6 is 0 Å². The molecule has 0 fully saturated rings. The van der Waals surface area contributed by atoms with Gasteiger partial charge in [-0.25, -0.2) is 0 Å². The topological polar surface area (TPSA) is 0 Å². The molecule has 0 aromatic carbocycles. The van der Waals surface area contributed by atoms with Gasteiger partial charge in [0.2, 0.25) is 0 Å². The Morgan fingerprint density at radius 2 is 0.500 bits per heavy atom. The summed E-state index contributed by atoms with van der Waals surface area (Å²) >= 11 is 0. The average Bonchev–Trinajstić information content (AvgIpc) is 0. The second kappa shape index (κ2) is 17.6. The maximum atomic E-state index is 0. The van der Waals surface area contributed by atoms with Crippen molar-refractivity contribution in [1.82, 2.24) is 0 Å². The molecule has 0 aliphatic rings. The van der Waals surface area contributed by atoms with E-state index in [0.717, 1.165) is 0 Å². The molecule has 1 radical (unpaired) electrons. The van der Waals surface area contributed by atoms with Crippen molar-refractivity contribution in [2.24, 2.45) is 0 Å². The van der Waals surface area contributed by atoms with Crippen LogP contribution in [0.25, 0.3) is 0 Å². The fourth-order valence-electron chi connectivity index (χ4n) is 0. The molecule has 0 aromatic heterocycles. The molecule has 0 unspecified atom stereocenters. The van der Waals surface area contributed by atoms with Gasteiger partial charge in [-0.2, -0.15) is 0 Å². The summed E-state index contributed by atoms with van der Waals surface area (Å²) in [6.45, 7) is 0. The van der Waals surface area contributed by atoms with Crippen molar-refractivity contribution in [3.63, 3.8) is 0 Å². The van der Waals surface area contributed by atoms with Crippen LogP contribution in [0.5, 0.6) is 0 Å². The number of hydrogen-bond acceptors (Lipinski definition) is 0. The van der Waals surface area contributed by atoms with Gasteiger partial charge in [0, 0.05) is 80.0 Å². The minimum absolute atomic E-state index is 0. The van der Waals surface area contributed by atoms with E-state index < -0.39 is 0 Å². The van der Waals surface area contributed by atoms with Crippen LogP contribution in [-0.2, 0) is 80.0 Å². The summed E-state index contributed by atoms with van der Waals surface area (Å²) in [6.07, 6.45) is 0. The molecule has 0 spiro atoms. The van der Waals surface area contributed by atoms with Crippen molar-refractivity contribution in [3.05, 3.63) is 0 Å². The van der Waals surface area contributed by atoms with Gasteiger partial charge in [-0.15, -0.1) is 0 Å². The largest absolute Gasteiger partial charge is 0 e. The molecule has 0 rings (SSSR count). The molecule has 0 atom stereocenters. The predicted octanol–water partition coefficient (Wildman–Crippen LogP) is -0.0100. The van der Waals surface area contributed by atoms with Crippen LogP contribution in [-0.4, -0.2) is 0 Å². The smallest absolute Gasteiger partial charge is 0 e. The normalized spacial score (nSPS) is 0. The second-order valence-corrected chi connectivity index (χ2v) is 0. The van der Waals surface area contributed by atoms with Crippen LogP contribution in [0.4, 0.5) is 0 Å². The standard InChI is InChI=1S/Co.3Mo. The number of hydrogen-bond donors (Lipinski definition) is 0. The summed E-state index contributed by atoms with van der Waals surface area (Å²) in [4.78, 5) is 0. The zero-order valence-corrected chi connectivity index (χ0v) is 8.62. The molecule has 0 nitrogen and oxygen atoms in total. The fraction of sp³-hybridized carbons (Fsp3) is 0. The molecule has 0 N–H and O–H groups in total. The van der Waals surface area contributed by atoms with Gasteiger partial charge in [0.05, 0.1) is 0 Å². The first-order valence-electron chi connectivity index (χ1n) is 0. The van der Waals surface area contributed by atoms with E-state index >= 15 is 0 Å². The summed E-state index contributed by atoms with van der Waals surface area (Å²) in [6, 6.07) is 0. The van der Waals surface area contributed by atoms with E-state index in [1.165, 1.54) is 0 Å². The van der Waals surface area contributed by atoms with Gasteiger partial charge in [-0.05, 0) is 0 Å². The third kappa shape index (κ3) is 8.82. The van der Waals surface area contributed by atoms with Gasteiger partial charge in [0.15, 0.2) is 0 Å². The fourth-order valence-corrected chi connectivity index (χ4v) is 0. The Kier molecular flexibility index (Phi) is 136. The van der Waals surface area contributed by atoms with Crippen molar-refractivity contribution < 1.29 is 80.0 Å². The van der Waals surface area contributed by atoms with Crippen LogP contribution in [0.1, 0.15) is 0 Å². The predicted molar refractivity (Wildman–Crippen MR) is 0 cm³/mol. The first-order chi connectivity index (χ1) is 0. The van der Waals surface area contributed by atoms with Crippen molar-refractivity contribution in [2.75, 3.05) is 0 Å². The first-order valence-corrected chi connectivity index (χ1v) is 0. The Morgan fingerprint density at radius 1 is 0.500 bits per heavy atom. The SMILES string of the molecule is [Co].[Mo].[Mo].[Mo]. The molecule has 0 bridgehead atoms. The minimum atomic E-state index is 0. The summed E-state index contributed by atoms with van der Waals surface area (Å²) < 4.78 is 0. The van der Waals surface area contributed by atoms with Crippen molar-refractivity contribution >= 4 is 0 Å². The Hall–Kier alpha value is 2.57. The summed E-state index contributed by atoms with van der Waals surface area (Å²) in [7, 11) is 0.